The first kappa shape index (κ1) is 18.8. The lowest BCUT2D eigenvalue weighted by molar-refractivity contribution is 0.534. The predicted molar refractivity (Wildman–Crippen MR) is 112 cm³/mol. The van der Waals surface area contributed by atoms with E-state index in [1.807, 2.05) is 18.2 Å². The predicted octanol–water partition coefficient (Wildman–Crippen LogP) is 4.59. The molecule has 6 heteroatoms. The number of furan rings is 1. The normalized spacial score (nSPS) is 11.4. The molecule has 0 atom stereocenters. The molecule has 0 saturated carbocycles. The van der Waals surface area contributed by atoms with Gasteiger partial charge in [0.2, 0.25) is 0 Å². The van der Waals surface area contributed by atoms with Gasteiger partial charge < -0.3 is 15.1 Å². The molecule has 0 radical (unpaired) electrons. The number of nitrogens with zero attached hydrogens (tertiary/aromatic N) is 1. The van der Waals surface area contributed by atoms with Crippen molar-refractivity contribution in [1.29, 1.82) is 0 Å². The number of benzene rings is 1. The van der Waals surface area contributed by atoms with Crippen molar-refractivity contribution in [1.82, 2.24) is 10.6 Å². The Morgan fingerprint density at radius 1 is 1.12 bits per heavy atom. The summed E-state index contributed by atoms with van der Waals surface area (Å²) < 4.78 is 5.92. The molecule has 0 aliphatic carbocycles. The van der Waals surface area contributed by atoms with Gasteiger partial charge in [-0.1, -0.05) is 18.2 Å². The number of aryl methyl sites for hydroxylation is 2. The van der Waals surface area contributed by atoms with E-state index in [2.05, 4.69) is 47.0 Å². The van der Waals surface area contributed by atoms with Gasteiger partial charge in [-0.05, 0) is 36.9 Å². The molecule has 0 fully saturated rings. The minimum absolute atomic E-state index is 0. The molecule has 0 bridgehead atoms. The largest absolute Gasteiger partial charge is 0.459 e. The van der Waals surface area contributed by atoms with Gasteiger partial charge in [0.05, 0.1) is 13.1 Å². The van der Waals surface area contributed by atoms with Crippen LogP contribution in [-0.2, 0) is 13.1 Å². The standard InChI is InChI=1S/C18H21N3OS.HI/c1-12-8-9-23-17(12)11-21-18(19-3)20-10-16-13(2)14-6-4-5-7-15(14)22-16;/h4-9H,10-11H2,1-3H3,(H2,19,20,21);1H. The average molecular weight is 455 g/mol. The highest BCUT2D eigenvalue weighted by molar-refractivity contribution is 14.0. The molecule has 24 heavy (non-hydrogen) atoms. The van der Waals surface area contributed by atoms with Crippen LogP contribution >= 0.6 is 35.3 Å². The number of aliphatic imine (C=N–C) groups is 1. The molecule has 128 valence electrons. The molecule has 2 aromatic heterocycles. The number of halogens is 1. The summed E-state index contributed by atoms with van der Waals surface area (Å²) in [5.41, 5.74) is 3.42. The fourth-order valence-corrected chi connectivity index (χ4v) is 3.37. The van der Waals surface area contributed by atoms with Crippen molar-refractivity contribution in [2.24, 2.45) is 4.99 Å². The Kier molecular flexibility index (Phi) is 6.68. The number of thiophene rings is 1. The van der Waals surface area contributed by atoms with Crippen molar-refractivity contribution in [2.75, 3.05) is 7.05 Å². The van der Waals surface area contributed by atoms with Gasteiger partial charge in [0, 0.05) is 22.9 Å². The van der Waals surface area contributed by atoms with Gasteiger partial charge in [-0.15, -0.1) is 35.3 Å². The summed E-state index contributed by atoms with van der Waals surface area (Å²) >= 11 is 1.76. The zero-order valence-corrected chi connectivity index (χ0v) is 17.2. The lowest BCUT2D eigenvalue weighted by Gasteiger charge is -2.11. The molecule has 4 nitrogen and oxygen atoms in total. The van der Waals surface area contributed by atoms with Gasteiger partial charge in [0.1, 0.15) is 11.3 Å². The molecule has 0 unspecified atom stereocenters. The Morgan fingerprint density at radius 3 is 2.54 bits per heavy atom. The van der Waals surface area contributed by atoms with Crippen molar-refractivity contribution in [3.8, 4) is 0 Å². The molecular formula is C18H22IN3OS. The van der Waals surface area contributed by atoms with Gasteiger partial charge >= 0.3 is 0 Å². The maximum absolute atomic E-state index is 5.92. The summed E-state index contributed by atoms with van der Waals surface area (Å²) in [5.74, 6) is 1.72. The van der Waals surface area contributed by atoms with Crippen LogP contribution in [0.5, 0.6) is 0 Å². The highest BCUT2D eigenvalue weighted by atomic mass is 127. The van der Waals surface area contributed by atoms with Crippen LogP contribution in [0.1, 0.15) is 21.8 Å². The van der Waals surface area contributed by atoms with Crippen LogP contribution in [0.3, 0.4) is 0 Å². The number of rotatable bonds is 4. The Balaban J connectivity index is 0.00000208. The number of hydrogen-bond acceptors (Lipinski definition) is 3. The maximum Gasteiger partial charge on any atom is 0.191 e. The van der Waals surface area contributed by atoms with Crippen molar-refractivity contribution in [3.63, 3.8) is 0 Å². The van der Waals surface area contributed by atoms with Gasteiger partial charge in [-0.3, -0.25) is 4.99 Å². The highest BCUT2D eigenvalue weighted by Gasteiger charge is 2.10. The van der Waals surface area contributed by atoms with Crippen molar-refractivity contribution in [2.45, 2.75) is 26.9 Å². The van der Waals surface area contributed by atoms with Crippen LogP contribution in [0, 0.1) is 13.8 Å². The van der Waals surface area contributed by atoms with Gasteiger partial charge in [0.25, 0.3) is 0 Å². The first-order chi connectivity index (χ1) is 11.2. The maximum atomic E-state index is 5.92. The van der Waals surface area contributed by atoms with Crippen LogP contribution in [0.2, 0.25) is 0 Å². The molecule has 3 aromatic rings. The summed E-state index contributed by atoms with van der Waals surface area (Å²) in [6.07, 6.45) is 0. The topological polar surface area (TPSA) is 49.6 Å². The Morgan fingerprint density at radius 2 is 1.88 bits per heavy atom. The first-order valence-electron chi connectivity index (χ1n) is 7.63. The van der Waals surface area contributed by atoms with E-state index in [9.17, 15) is 0 Å². The van der Waals surface area contributed by atoms with Gasteiger partial charge in [0.15, 0.2) is 5.96 Å². The van der Waals surface area contributed by atoms with Crippen LogP contribution in [0.15, 0.2) is 45.1 Å². The monoisotopic (exact) mass is 455 g/mol. The van der Waals surface area contributed by atoms with Crippen LogP contribution < -0.4 is 10.6 Å². The SMILES string of the molecule is CN=C(NCc1oc2ccccc2c1C)NCc1sccc1C.I. The summed E-state index contributed by atoms with van der Waals surface area (Å²) in [6, 6.07) is 10.2. The second-order valence-electron chi connectivity index (χ2n) is 5.45. The quantitative estimate of drug-likeness (QED) is 0.344. The fourth-order valence-electron chi connectivity index (χ4n) is 2.53. The Bertz CT molecular complexity index is 838. The van der Waals surface area contributed by atoms with E-state index in [-0.39, 0.29) is 24.0 Å². The van der Waals surface area contributed by atoms with Crippen molar-refractivity contribution in [3.05, 3.63) is 57.5 Å². The molecule has 1 aromatic carbocycles. The highest BCUT2D eigenvalue weighted by Crippen LogP contribution is 2.24. The lowest BCUT2D eigenvalue weighted by Crippen LogP contribution is -2.36. The summed E-state index contributed by atoms with van der Waals surface area (Å²) in [7, 11) is 1.78. The van der Waals surface area contributed by atoms with Crippen LogP contribution in [0.25, 0.3) is 11.0 Å². The van der Waals surface area contributed by atoms with E-state index in [1.165, 1.54) is 21.4 Å². The molecule has 0 spiro atoms. The van der Waals surface area contributed by atoms with E-state index in [1.54, 1.807) is 18.4 Å². The van der Waals surface area contributed by atoms with E-state index in [4.69, 9.17) is 4.42 Å². The fraction of sp³-hybridized carbons (Fsp3) is 0.278. The number of hydrogen-bond donors (Lipinski definition) is 2. The minimum atomic E-state index is 0. The molecular weight excluding hydrogens is 433 g/mol. The van der Waals surface area contributed by atoms with Crippen LogP contribution in [-0.4, -0.2) is 13.0 Å². The first-order valence-corrected chi connectivity index (χ1v) is 8.51. The Labute approximate surface area is 163 Å². The van der Waals surface area contributed by atoms with E-state index in [0.29, 0.717) is 6.54 Å². The molecule has 2 heterocycles. The molecule has 0 saturated heterocycles. The molecule has 0 aliphatic heterocycles. The Hall–Kier alpha value is -1.54. The third-order valence-corrected chi connectivity index (χ3v) is 4.99. The second kappa shape index (κ2) is 8.53. The summed E-state index contributed by atoms with van der Waals surface area (Å²) in [5, 5.41) is 9.94. The third kappa shape index (κ3) is 4.10. The zero-order chi connectivity index (χ0) is 16.2. The third-order valence-electron chi connectivity index (χ3n) is 3.97. The molecule has 2 N–H and O–H groups in total. The average Bonchev–Trinajstić information content (AvgIpc) is 3.12. The van der Waals surface area contributed by atoms with Crippen LogP contribution in [0.4, 0.5) is 0 Å². The minimum Gasteiger partial charge on any atom is -0.459 e. The zero-order valence-electron chi connectivity index (χ0n) is 14.1. The number of para-hydroxylation sites is 1. The van der Waals surface area contributed by atoms with E-state index >= 15 is 0 Å². The van der Waals surface area contributed by atoms with E-state index < -0.39 is 0 Å². The van der Waals surface area contributed by atoms with Gasteiger partial charge in [-0.2, -0.15) is 0 Å². The molecule has 0 aliphatic rings. The van der Waals surface area contributed by atoms with Gasteiger partial charge in [-0.25, -0.2) is 0 Å². The van der Waals surface area contributed by atoms with Crippen molar-refractivity contribution >= 4 is 52.2 Å². The molecule has 0 amide bonds. The number of fused-ring (bicyclic) bond motifs is 1. The molecule has 3 rings (SSSR count). The summed E-state index contributed by atoms with van der Waals surface area (Å²) in [4.78, 5) is 5.60. The van der Waals surface area contributed by atoms with Crippen molar-refractivity contribution < 1.29 is 4.42 Å². The number of guanidine groups is 1. The smallest absolute Gasteiger partial charge is 0.191 e. The number of nitrogens with one attached hydrogen (secondary N) is 2. The second-order valence-corrected chi connectivity index (χ2v) is 6.45. The summed E-state index contributed by atoms with van der Waals surface area (Å²) in [6.45, 7) is 5.61. The lowest BCUT2D eigenvalue weighted by atomic mass is 10.1. The van der Waals surface area contributed by atoms with E-state index in [0.717, 1.165) is 23.8 Å².